The number of hydrogen-bond acceptors (Lipinski definition) is 1. The van der Waals surface area contributed by atoms with Crippen LogP contribution in [0.5, 0.6) is 0 Å². The molecule has 1 aromatic carbocycles. The number of carbonyl (C=O) groups is 1. The Morgan fingerprint density at radius 2 is 2.08 bits per heavy atom. The molecule has 68 valence electrons. The maximum Gasteiger partial charge on any atom is 0.164 e. The minimum absolute atomic E-state index is 0.0378. The van der Waals surface area contributed by atoms with Crippen molar-refractivity contribution in [1.82, 2.24) is 0 Å². The van der Waals surface area contributed by atoms with E-state index in [2.05, 4.69) is 0 Å². The summed E-state index contributed by atoms with van der Waals surface area (Å²) in [5, 5.41) is 0. The van der Waals surface area contributed by atoms with Crippen molar-refractivity contribution in [3.05, 3.63) is 29.6 Å². The zero-order valence-electron chi connectivity index (χ0n) is 8.10. The van der Waals surface area contributed by atoms with E-state index in [1.807, 2.05) is 13.8 Å². The van der Waals surface area contributed by atoms with Crippen LogP contribution >= 0.6 is 0 Å². The van der Waals surface area contributed by atoms with Crippen LogP contribution < -0.4 is 5.46 Å². The molecule has 0 saturated heterocycles. The minimum atomic E-state index is -0.294. The Balaban J connectivity index is 3.09. The number of benzene rings is 1. The summed E-state index contributed by atoms with van der Waals surface area (Å²) in [5.74, 6) is -0.264. The van der Waals surface area contributed by atoms with Crippen molar-refractivity contribution in [1.29, 1.82) is 0 Å². The minimum Gasteiger partial charge on any atom is -0.294 e. The van der Waals surface area contributed by atoms with Crippen LogP contribution in [-0.2, 0) is 0 Å². The fourth-order valence-electron chi connectivity index (χ4n) is 1.21. The van der Waals surface area contributed by atoms with Crippen LogP contribution in [-0.4, -0.2) is 13.6 Å². The topological polar surface area (TPSA) is 17.1 Å². The molecule has 0 spiro atoms. The van der Waals surface area contributed by atoms with E-state index in [4.69, 9.17) is 0 Å². The number of rotatable bonds is 2. The molecule has 1 nitrogen and oxygen atoms in total. The third-order valence-corrected chi connectivity index (χ3v) is 1.98. The summed E-state index contributed by atoms with van der Waals surface area (Å²) in [6.45, 7) is 3.68. The largest absolute Gasteiger partial charge is 0.294 e. The van der Waals surface area contributed by atoms with Crippen LogP contribution in [0.3, 0.4) is 0 Å². The van der Waals surface area contributed by atoms with E-state index in [-0.39, 0.29) is 17.5 Å². The van der Waals surface area contributed by atoms with Crippen LogP contribution in [0, 0.1) is 11.7 Å². The monoisotopic (exact) mass is 178 g/mol. The molecular weight excluding hydrogens is 166 g/mol. The van der Waals surface area contributed by atoms with Crippen molar-refractivity contribution in [2.45, 2.75) is 13.8 Å². The molecule has 0 aliphatic rings. The average Bonchev–Trinajstić information content (AvgIpc) is 2.03. The summed E-state index contributed by atoms with van der Waals surface area (Å²) in [6, 6.07) is 4.26. The quantitative estimate of drug-likeness (QED) is 0.486. The highest BCUT2D eigenvalue weighted by molar-refractivity contribution is 6.36. The summed E-state index contributed by atoms with van der Waals surface area (Å²) in [4.78, 5) is 11.6. The van der Waals surface area contributed by atoms with Gasteiger partial charge in [0.15, 0.2) is 5.78 Å². The van der Waals surface area contributed by atoms with Gasteiger partial charge in [-0.2, -0.15) is 0 Å². The molecule has 0 aliphatic carbocycles. The summed E-state index contributed by atoms with van der Waals surface area (Å²) >= 11 is 0. The summed E-state index contributed by atoms with van der Waals surface area (Å²) < 4.78 is 12.7. The van der Waals surface area contributed by atoms with Crippen LogP contribution in [0.1, 0.15) is 24.2 Å². The standard InChI is InChI=1S/C10H12BFO/c1-6(2)10(13)8-4-3-7(12)5-9(8)11/h3-6H,11H2,1-2H3. The molecule has 0 N–H and O–H groups in total. The Bertz CT molecular complexity index is 334. The zero-order valence-corrected chi connectivity index (χ0v) is 8.10. The molecule has 0 unspecified atom stereocenters. The number of halogens is 1. The van der Waals surface area contributed by atoms with Gasteiger partial charge < -0.3 is 0 Å². The normalized spacial score (nSPS) is 10.5. The van der Waals surface area contributed by atoms with Crippen molar-refractivity contribution >= 4 is 19.1 Å². The number of carbonyl (C=O) groups excluding carboxylic acids is 1. The Kier molecular flexibility index (Phi) is 2.86. The highest BCUT2D eigenvalue weighted by atomic mass is 19.1. The molecule has 0 aliphatic heterocycles. The lowest BCUT2D eigenvalue weighted by Crippen LogP contribution is -2.19. The first-order valence-corrected chi connectivity index (χ1v) is 4.32. The molecule has 13 heavy (non-hydrogen) atoms. The third-order valence-electron chi connectivity index (χ3n) is 1.98. The first-order valence-electron chi connectivity index (χ1n) is 4.32. The van der Waals surface area contributed by atoms with Gasteiger partial charge in [-0.3, -0.25) is 4.79 Å². The van der Waals surface area contributed by atoms with E-state index in [1.54, 1.807) is 13.9 Å². The summed E-state index contributed by atoms with van der Waals surface area (Å²) in [6.07, 6.45) is 0. The second kappa shape index (κ2) is 3.73. The SMILES string of the molecule is Bc1cc(F)ccc1C(=O)C(C)C. The van der Waals surface area contributed by atoms with Gasteiger partial charge in [0.1, 0.15) is 13.7 Å². The Labute approximate surface area is 78.4 Å². The molecule has 0 heterocycles. The second-order valence-corrected chi connectivity index (χ2v) is 3.48. The molecule has 0 atom stereocenters. The maximum atomic E-state index is 12.7. The lowest BCUT2D eigenvalue weighted by Gasteiger charge is -2.07. The van der Waals surface area contributed by atoms with Gasteiger partial charge >= 0.3 is 0 Å². The first-order chi connectivity index (χ1) is 6.02. The van der Waals surface area contributed by atoms with Crippen LogP contribution in [0.25, 0.3) is 0 Å². The molecule has 1 aromatic rings. The lowest BCUT2D eigenvalue weighted by molar-refractivity contribution is 0.0940. The van der Waals surface area contributed by atoms with Gasteiger partial charge in [0.05, 0.1) is 0 Å². The predicted molar refractivity (Wildman–Crippen MR) is 53.7 cm³/mol. The van der Waals surface area contributed by atoms with E-state index in [0.29, 0.717) is 11.0 Å². The predicted octanol–water partition coefficient (Wildman–Crippen LogP) is 0.923. The highest BCUT2D eigenvalue weighted by Crippen LogP contribution is 2.06. The van der Waals surface area contributed by atoms with E-state index in [9.17, 15) is 9.18 Å². The van der Waals surface area contributed by atoms with Crippen LogP contribution in [0.2, 0.25) is 0 Å². The van der Waals surface area contributed by atoms with Gasteiger partial charge in [0, 0.05) is 11.5 Å². The van der Waals surface area contributed by atoms with Gasteiger partial charge in [0.2, 0.25) is 0 Å². The van der Waals surface area contributed by atoms with Crippen molar-refractivity contribution in [3.63, 3.8) is 0 Å². The number of Topliss-reactive ketones (excluding diaryl/α,β-unsaturated/α-hetero) is 1. The molecule has 3 heteroatoms. The van der Waals surface area contributed by atoms with Crippen LogP contribution in [0.15, 0.2) is 18.2 Å². The van der Waals surface area contributed by atoms with Gasteiger partial charge in [0.25, 0.3) is 0 Å². The molecule has 0 radical (unpaired) electrons. The van der Waals surface area contributed by atoms with Gasteiger partial charge in [-0.05, 0) is 18.2 Å². The smallest absolute Gasteiger partial charge is 0.164 e. The number of ketones is 1. The fraction of sp³-hybridized carbons (Fsp3) is 0.300. The van der Waals surface area contributed by atoms with Crippen molar-refractivity contribution in [3.8, 4) is 0 Å². The highest BCUT2D eigenvalue weighted by Gasteiger charge is 2.12. The molecular formula is C10H12BFO. The Morgan fingerprint density at radius 1 is 1.46 bits per heavy atom. The van der Waals surface area contributed by atoms with E-state index in [1.165, 1.54) is 12.1 Å². The van der Waals surface area contributed by atoms with E-state index >= 15 is 0 Å². The van der Waals surface area contributed by atoms with Crippen LogP contribution in [0.4, 0.5) is 4.39 Å². The molecule has 0 fully saturated rings. The molecule has 0 saturated carbocycles. The van der Waals surface area contributed by atoms with Gasteiger partial charge in [-0.15, -0.1) is 0 Å². The Morgan fingerprint density at radius 3 is 2.54 bits per heavy atom. The fourth-order valence-corrected chi connectivity index (χ4v) is 1.21. The molecule has 0 bridgehead atoms. The summed E-state index contributed by atoms with van der Waals surface area (Å²) in [5.41, 5.74) is 1.33. The molecule has 0 amide bonds. The number of hydrogen-bond donors (Lipinski definition) is 0. The van der Waals surface area contributed by atoms with Gasteiger partial charge in [-0.1, -0.05) is 19.3 Å². The van der Waals surface area contributed by atoms with Gasteiger partial charge in [-0.25, -0.2) is 4.39 Å². The zero-order chi connectivity index (χ0) is 10.0. The van der Waals surface area contributed by atoms with Crippen molar-refractivity contribution < 1.29 is 9.18 Å². The van der Waals surface area contributed by atoms with Crippen molar-refractivity contribution in [2.75, 3.05) is 0 Å². The maximum absolute atomic E-state index is 12.7. The molecule has 0 aromatic heterocycles. The summed E-state index contributed by atoms with van der Waals surface area (Å²) in [7, 11) is 1.75. The van der Waals surface area contributed by atoms with E-state index in [0.717, 1.165) is 0 Å². The first kappa shape index (κ1) is 9.97. The van der Waals surface area contributed by atoms with Crippen molar-refractivity contribution in [2.24, 2.45) is 5.92 Å². The third kappa shape index (κ3) is 2.17. The lowest BCUT2D eigenvalue weighted by atomic mass is 9.86. The van der Waals surface area contributed by atoms with E-state index < -0.39 is 0 Å². The second-order valence-electron chi connectivity index (χ2n) is 3.48. The molecule has 1 rings (SSSR count). The Hall–Kier alpha value is -1.12. The average molecular weight is 178 g/mol.